The first-order valence-electron chi connectivity index (χ1n) is 9.06. The van der Waals surface area contributed by atoms with Crippen LogP contribution in [0.4, 0.5) is 0 Å². The molecule has 1 amide bonds. The Bertz CT molecular complexity index is 628. The van der Waals surface area contributed by atoms with Crippen molar-refractivity contribution in [1.82, 2.24) is 15.5 Å². The van der Waals surface area contributed by atoms with Crippen molar-refractivity contribution in [3.63, 3.8) is 0 Å². The summed E-state index contributed by atoms with van der Waals surface area (Å²) in [6, 6.07) is 5.76. The Balaban J connectivity index is 1.79. The lowest BCUT2D eigenvalue weighted by atomic mass is 9.93. The van der Waals surface area contributed by atoms with Crippen molar-refractivity contribution in [1.29, 1.82) is 0 Å². The second-order valence-electron chi connectivity index (χ2n) is 6.49. The first-order valence-corrected chi connectivity index (χ1v) is 9.43. The number of carbonyl (C=O) groups excluding carboxylic acids is 1. The maximum Gasteiger partial charge on any atom is 0.220 e. The lowest BCUT2D eigenvalue weighted by Crippen LogP contribution is -2.46. The average molecular weight is 381 g/mol. The van der Waals surface area contributed by atoms with Crippen LogP contribution < -0.4 is 15.4 Å². The van der Waals surface area contributed by atoms with Crippen molar-refractivity contribution in [2.45, 2.75) is 25.7 Å². The molecule has 1 aliphatic rings. The third-order valence-electron chi connectivity index (χ3n) is 4.82. The summed E-state index contributed by atoms with van der Waals surface area (Å²) in [7, 11) is 5.13. The van der Waals surface area contributed by atoms with Crippen LogP contribution >= 0.6 is 11.6 Å². The fourth-order valence-corrected chi connectivity index (χ4v) is 3.48. The Morgan fingerprint density at radius 2 is 2.12 bits per heavy atom. The molecule has 0 bridgehead atoms. The fourth-order valence-electron chi connectivity index (χ4n) is 3.21. The van der Waals surface area contributed by atoms with Gasteiger partial charge in [0.25, 0.3) is 0 Å². The SMILES string of the molecule is CN=C(NCCc1ccc(OC)cc1Cl)N1CCC(CC(=O)NC)CC1. The fraction of sp³-hybridized carbons (Fsp3) is 0.579. The van der Waals surface area contributed by atoms with Crippen molar-refractivity contribution in [2.75, 3.05) is 40.8 Å². The highest BCUT2D eigenvalue weighted by Crippen LogP contribution is 2.23. The van der Waals surface area contributed by atoms with Crippen molar-refractivity contribution >= 4 is 23.5 Å². The molecule has 26 heavy (non-hydrogen) atoms. The Kier molecular flexibility index (Phi) is 8.04. The standard InChI is InChI=1S/C19H29ClN4O2/c1-21-18(25)12-14-7-10-24(11-8-14)19(22-2)23-9-6-15-4-5-16(26-3)13-17(15)20/h4-5,13-14H,6-12H2,1-3H3,(H,21,25)(H,22,23). The third-order valence-corrected chi connectivity index (χ3v) is 5.17. The molecule has 0 spiro atoms. The molecule has 0 radical (unpaired) electrons. The molecule has 6 nitrogen and oxygen atoms in total. The number of ether oxygens (including phenoxy) is 1. The van der Waals surface area contributed by atoms with E-state index in [9.17, 15) is 4.79 Å². The zero-order valence-corrected chi connectivity index (χ0v) is 16.6. The molecule has 1 aromatic rings. The van der Waals surface area contributed by atoms with E-state index in [0.29, 0.717) is 12.3 Å². The van der Waals surface area contributed by atoms with Gasteiger partial charge in [-0.25, -0.2) is 0 Å². The smallest absolute Gasteiger partial charge is 0.220 e. The maximum absolute atomic E-state index is 11.5. The lowest BCUT2D eigenvalue weighted by Gasteiger charge is -2.34. The molecule has 0 aliphatic carbocycles. The summed E-state index contributed by atoms with van der Waals surface area (Å²) in [6.07, 6.45) is 3.46. The molecule has 1 aliphatic heterocycles. The number of rotatable bonds is 6. The van der Waals surface area contributed by atoms with Crippen molar-refractivity contribution in [3.05, 3.63) is 28.8 Å². The number of methoxy groups -OCH3 is 1. The third kappa shape index (κ3) is 5.80. The first kappa shape index (κ1) is 20.4. The maximum atomic E-state index is 11.5. The van der Waals surface area contributed by atoms with Gasteiger partial charge in [0.15, 0.2) is 5.96 Å². The van der Waals surface area contributed by atoms with Crippen LogP contribution in [0.3, 0.4) is 0 Å². The Labute approximate surface area is 161 Å². The highest BCUT2D eigenvalue weighted by molar-refractivity contribution is 6.31. The van der Waals surface area contributed by atoms with Gasteiger partial charge in [-0.2, -0.15) is 0 Å². The molecular weight excluding hydrogens is 352 g/mol. The second-order valence-corrected chi connectivity index (χ2v) is 6.90. The second kappa shape index (κ2) is 10.3. The van der Waals surface area contributed by atoms with Crippen LogP contribution in [0.15, 0.2) is 23.2 Å². The predicted molar refractivity (Wildman–Crippen MR) is 106 cm³/mol. The van der Waals surface area contributed by atoms with Gasteiger partial charge in [0, 0.05) is 45.2 Å². The minimum absolute atomic E-state index is 0.127. The number of nitrogens with one attached hydrogen (secondary N) is 2. The quantitative estimate of drug-likeness (QED) is 0.587. The van der Waals surface area contributed by atoms with Crippen molar-refractivity contribution < 1.29 is 9.53 Å². The molecule has 7 heteroatoms. The highest BCUT2D eigenvalue weighted by Gasteiger charge is 2.22. The van der Waals surface area contributed by atoms with Gasteiger partial charge >= 0.3 is 0 Å². The van der Waals surface area contributed by atoms with Gasteiger partial charge in [0.2, 0.25) is 5.91 Å². The van der Waals surface area contributed by atoms with Gasteiger partial charge < -0.3 is 20.3 Å². The molecule has 0 aromatic heterocycles. The van der Waals surface area contributed by atoms with Crippen LogP contribution in [0.25, 0.3) is 0 Å². The number of guanidine groups is 1. The van der Waals surface area contributed by atoms with Gasteiger partial charge in [-0.15, -0.1) is 0 Å². The van der Waals surface area contributed by atoms with Gasteiger partial charge in [-0.1, -0.05) is 17.7 Å². The molecule has 0 atom stereocenters. The Morgan fingerprint density at radius 3 is 2.69 bits per heavy atom. The van der Waals surface area contributed by atoms with E-state index in [2.05, 4.69) is 20.5 Å². The number of aliphatic imine (C=N–C) groups is 1. The van der Waals surface area contributed by atoms with E-state index in [0.717, 1.165) is 61.2 Å². The molecule has 1 saturated heterocycles. The number of piperidine rings is 1. The van der Waals surface area contributed by atoms with Gasteiger partial charge in [0.1, 0.15) is 5.75 Å². The monoisotopic (exact) mass is 380 g/mol. The molecular formula is C19H29ClN4O2. The van der Waals surface area contributed by atoms with E-state index in [4.69, 9.17) is 16.3 Å². The molecule has 1 heterocycles. The molecule has 0 saturated carbocycles. The summed E-state index contributed by atoms with van der Waals surface area (Å²) in [5.41, 5.74) is 1.08. The zero-order chi connectivity index (χ0) is 18.9. The molecule has 2 N–H and O–H groups in total. The minimum atomic E-state index is 0.127. The highest BCUT2D eigenvalue weighted by atomic mass is 35.5. The molecule has 1 aromatic carbocycles. The first-order chi connectivity index (χ1) is 12.6. The predicted octanol–water partition coefficient (Wildman–Crippen LogP) is 2.31. The zero-order valence-electron chi connectivity index (χ0n) is 15.8. The topological polar surface area (TPSA) is 66.0 Å². The number of likely N-dealkylation sites (tertiary alicyclic amines) is 1. The van der Waals surface area contributed by atoms with E-state index in [-0.39, 0.29) is 5.91 Å². The van der Waals surface area contributed by atoms with Crippen LogP contribution in [-0.4, -0.2) is 57.6 Å². The average Bonchev–Trinajstić information content (AvgIpc) is 2.67. The summed E-state index contributed by atoms with van der Waals surface area (Å²) in [5, 5.41) is 6.84. The summed E-state index contributed by atoms with van der Waals surface area (Å²) in [5.74, 6) is 2.26. The number of nitrogens with zero attached hydrogens (tertiary/aromatic N) is 2. The van der Waals surface area contributed by atoms with E-state index >= 15 is 0 Å². The van der Waals surface area contributed by atoms with Gasteiger partial charge in [-0.05, 0) is 42.9 Å². The summed E-state index contributed by atoms with van der Waals surface area (Å²) >= 11 is 6.29. The Hall–Kier alpha value is -1.95. The normalized spacial score (nSPS) is 15.7. The molecule has 0 unspecified atom stereocenters. The number of benzene rings is 1. The largest absolute Gasteiger partial charge is 0.497 e. The molecule has 2 rings (SSSR count). The molecule has 1 fully saturated rings. The van der Waals surface area contributed by atoms with Crippen LogP contribution in [0.1, 0.15) is 24.8 Å². The van der Waals surface area contributed by atoms with Crippen LogP contribution in [0, 0.1) is 5.92 Å². The van der Waals surface area contributed by atoms with Crippen LogP contribution in [-0.2, 0) is 11.2 Å². The van der Waals surface area contributed by atoms with Crippen LogP contribution in [0.5, 0.6) is 5.75 Å². The van der Waals surface area contributed by atoms with E-state index in [1.165, 1.54) is 0 Å². The summed E-state index contributed by atoms with van der Waals surface area (Å²) < 4.78 is 5.18. The summed E-state index contributed by atoms with van der Waals surface area (Å²) in [6.45, 7) is 2.60. The number of hydrogen-bond donors (Lipinski definition) is 2. The number of amides is 1. The number of carbonyl (C=O) groups is 1. The van der Waals surface area contributed by atoms with E-state index < -0.39 is 0 Å². The van der Waals surface area contributed by atoms with Crippen LogP contribution in [0.2, 0.25) is 5.02 Å². The van der Waals surface area contributed by atoms with Gasteiger partial charge in [-0.3, -0.25) is 9.79 Å². The number of halogens is 1. The Morgan fingerprint density at radius 1 is 1.38 bits per heavy atom. The lowest BCUT2D eigenvalue weighted by molar-refractivity contribution is -0.121. The molecule has 144 valence electrons. The van der Waals surface area contributed by atoms with E-state index in [1.807, 2.05) is 18.2 Å². The minimum Gasteiger partial charge on any atom is -0.497 e. The van der Waals surface area contributed by atoms with Gasteiger partial charge in [0.05, 0.1) is 7.11 Å². The van der Waals surface area contributed by atoms with Crippen molar-refractivity contribution in [3.8, 4) is 5.75 Å². The number of hydrogen-bond acceptors (Lipinski definition) is 3. The summed E-state index contributed by atoms with van der Waals surface area (Å²) in [4.78, 5) is 18.2. The van der Waals surface area contributed by atoms with E-state index in [1.54, 1.807) is 21.2 Å². The van der Waals surface area contributed by atoms with Crippen molar-refractivity contribution in [2.24, 2.45) is 10.9 Å².